The summed E-state index contributed by atoms with van der Waals surface area (Å²) in [6.07, 6.45) is 6.21. The lowest BCUT2D eigenvalue weighted by Crippen LogP contribution is -2.27. The van der Waals surface area contributed by atoms with Crippen molar-refractivity contribution in [2.24, 2.45) is 0 Å². The van der Waals surface area contributed by atoms with Gasteiger partial charge >= 0.3 is 0 Å². The van der Waals surface area contributed by atoms with Gasteiger partial charge in [-0.1, -0.05) is 30.3 Å². The van der Waals surface area contributed by atoms with Crippen molar-refractivity contribution in [1.82, 2.24) is 19.4 Å². The fourth-order valence-corrected chi connectivity index (χ4v) is 3.78. The van der Waals surface area contributed by atoms with Crippen LogP contribution in [0.25, 0.3) is 16.8 Å². The number of imidazole rings is 1. The van der Waals surface area contributed by atoms with Crippen LogP contribution >= 0.6 is 0 Å². The highest BCUT2D eigenvalue weighted by Gasteiger charge is 2.33. The quantitative estimate of drug-likeness (QED) is 0.523. The number of ketones is 1. The second-order valence-electron chi connectivity index (χ2n) is 7.30. The highest BCUT2D eigenvalue weighted by molar-refractivity contribution is 6.07. The van der Waals surface area contributed by atoms with E-state index in [4.69, 9.17) is 10.7 Å². The predicted molar refractivity (Wildman–Crippen MR) is 108 cm³/mol. The Morgan fingerprint density at radius 3 is 2.59 bits per heavy atom. The topological polar surface area (TPSA) is 106 Å². The number of fused-ring (bicyclic) bond motifs is 1. The van der Waals surface area contributed by atoms with Gasteiger partial charge in [0.15, 0.2) is 0 Å². The number of pyridine rings is 1. The summed E-state index contributed by atoms with van der Waals surface area (Å²) in [4.78, 5) is 26.0. The first-order valence-electron chi connectivity index (χ1n) is 9.48. The predicted octanol–water partition coefficient (Wildman–Crippen LogP) is 2.84. The molecule has 0 aliphatic heterocycles. The molecule has 0 radical (unpaired) electrons. The zero-order valence-corrected chi connectivity index (χ0v) is 15.6. The number of benzene rings is 1. The van der Waals surface area contributed by atoms with Crippen molar-refractivity contribution < 1.29 is 9.90 Å². The average Bonchev–Trinajstić information content (AvgIpc) is 3.12. The van der Waals surface area contributed by atoms with Gasteiger partial charge in [0.2, 0.25) is 5.78 Å². The minimum Gasteiger partial charge on any atom is -0.393 e. The minimum absolute atomic E-state index is 0.128. The summed E-state index contributed by atoms with van der Waals surface area (Å²) in [5, 5.41) is 9.69. The van der Waals surface area contributed by atoms with Gasteiger partial charge in [-0.05, 0) is 25.0 Å². The number of carbonyl (C=O) groups is 1. The van der Waals surface area contributed by atoms with Crippen LogP contribution in [-0.4, -0.2) is 36.3 Å². The lowest BCUT2D eigenvalue weighted by Gasteiger charge is -2.30. The van der Waals surface area contributed by atoms with Gasteiger partial charge in [0.05, 0.1) is 6.10 Å². The Balaban J connectivity index is 1.55. The van der Waals surface area contributed by atoms with E-state index in [1.54, 1.807) is 30.6 Å². The zero-order chi connectivity index (χ0) is 20.0. The summed E-state index contributed by atoms with van der Waals surface area (Å²) in [5.74, 6) is 1.29. The number of rotatable bonds is 4. The molecule has 4 aromatic rings. The van der Waals surface area contributed by atoms with E-state index >= 15 is 0 Å². The molecule has 0 bridgehead atoms. The number of hydrogen-bond donors (Lipinski definition) is 2. The van der Waals surface area contributed by atoms with Crippen LogP contribution in [0.15, 0.2) is 61.1 Å². The van der Waals surface area contributed by atoms with Gasteiger partial charge in [0.25, 0.3) is 0 Å². The van der Waals surface area contributed by atoms with Gasteiger partial charge in [0, 0.05) is 35.6 Å². The van der Waals surface area contributed by atoms with Gasteiger partial charge in [0.1, 0.15) is 28.5 Å². The molecular formula is C22H19N5O2. The Hall–Kier alpha value is -3.58. The number of hydrogen-bond acceptors (Lipinski definition) is 6. The second kappa shape index (κ2) is 6.79. The maximum atomic E-state index is 12.6. The first-order valence-corrected chi connectivity index (χ1v) is 9.48. The molecule has 1 aromatic carbocycles. The molecule has 144 valence electrons. The third-order valence-corrected chi connectivity index (χ3v) is 5.39. The molecule has 29 heavy (non-hydrogen) atoms. The van der Waals surface area contributed by atoms with E-state index < -0.39 is 0 Å². The van der Waals surface area contributed by atoms with Gasteiger partial charge in [-0.3, -0.25) is 14.2 Å². The van der Waals surface area contributed by atoms with E-state index in [0.29, 0.717) is 41.1 Å². The highest BCUT2D eigenvalue weighted by Crippen LogP contribution is 2.39. The normalized spacial score (nSPS) is 18.5. The summed E-state index contributed by atoms with van der Waals surface area (Å²) in [6, 6.07) is 12.6. The van der Waals surface area contributed by atoms with Crippen molar-refractivity contribution in [3.63, 3.8) is 0 Å². The van der Waals surface area contributed by atoms with Crippen LogP contribution in [0.5, 0.6) is 0 Å². The third-order valence-electron chi connectivity index (χ3n) is 5.39. The van der Waals surface area contributed by atoms with Gasteiger partial charge in [-0.15, -0.1) is 0 Å². The molecule has 3 aromatic heterocycles. The molecule has 0 amide bonds. The molecule has 3 heterocycles. The molecule has 1 saturated carbocycles. The molecule has 1 fully saturated rings. The van der Waals surface area contributed by atoms with Crippen LogP contribution in [0.3, 0.4) is 0 Å². The maximum Gasteiger partial charge on any atom is 0.211 e. The number of nitrogens with zero attached hydrogens (tertiary/aromatic N) is 4. The van der Waals surface area contributed by atoms with E-state index in [2.05, 4.69) is 9.97 Å². The SMILES string of the molecule is Nc1nccn2c(C3CC(O)C3)nc(-c3ccc(C(=O)c4ccccc4)nc3)c12. The maximum absolute atomic E-state index is 12.6. The Morgan fingerprint density at radius 2 is 1.90 bits per heavy atom. The Kier molecular flexibility index (Phi) is 4.10. The Labute approximate surface area is 166 Å². The van der Waals surface area contributed by atoms with E-state index in [-0.39, 0.29) is 17.8 Å². The highest BCUT2D eigenvalue weighted by atomic mass is 16.3. The molecule has 7 heteroatoms. The first-order chi connectivity index (χ1) is 14.1. The monoisotopic (exact) mass is 385 g/mol. The lowest BCUT2D eigenvalue weighted by molar-refractivity contribution is 0.0715. The molecule has 3 N–H and O–H groups in total. The summed E-state index contributed by atoms with van der Waals surface area (Å²) in [7, 11) is 0. The number of anilines is 1. The van der Waals surface area contributed by atoms with Crippen molar-refractivity contribution in [2.75, 3.05) is 5.73 Å². The molecule has 7 nitrogen and oxygen atoms in total. The van der Waals surface area contributed by atoms with E-state index in [1.807, 2.05) is 34.9 Å². The van der Waals surface area contributed by atoms with Gasteiger partial charge in [-0.2, -0.15) is 0 Å². The van der Waals surface area contributed by atoms with Crippen LogP contribution < -0.4 is 5.73 Å². The molecule has 0 saturated heterocycles. The van der Waals surface area contributed by atoms with Gasteiger partial charge in [-0.25, -0.2) is 9.97 Å². The van der Waals surface area contributed by atoms with E-state index in [9.17, 15) is 9.90 Å². The fourth-order valence-electron chi connectivity index (χ4n) is 3.78. The van der Waals surface area contributed by atoms with Crippen LogP contribution in [0, 0.1) is 0 Å². The van der Waals surface area contributed by atoms with Crippen LogP contribution in [0.1, 0.15) is 40.6 Å². The Morgan fingerprint density at radius 1 is 1.10 bits per heavy atom. The third kappa shape index (κ3) is 2.96. The average molecular weight is 385 g/mol. The number of carbonyl (C=O) groups excluding carboxylic acids is 1. The van der Waals surface area contributed by atoms with Crippen LogP contribution in [-0.2, 0) is 0 Å². The molecule has 0 atom stereocenters. The first kappa shape index (κ1) is 17.5. The molecule has 1 aliphatic carbocycles. The van der Waals surface area contributed by atoms with Gasteiger partial charge < -0.3 is 10.8 Å². The zero-order valence-electron chi connectivity index (χ0n) is 15.6. The van der Waals surface area contributed by atoms with Crippen molar-refractivity contribution in [1.29, 1.82) is 0 Å². The molecule has 1 aliphatic rings. The second-order valence-corrected chi connectivity index (χ2v) is 7.30. The summed E-state index contributed by atoms with van der Waals surface area (Å²) < 4.78 is 1.94. The largest absolute Gasteiger partial charge is 0.393 e. The van der Waals surface area contributed by atoms with Crippen molar-refractivity contribution in [3.05, 3.63) is 78.1 Å². The fraction of sp³-hybridized carbons (Fsp3) is 0.182. The van der Waals surface area contributed by atoms with Crippen molar-refractivity contribution in [3.8, 4) is 11.3 Å². The summed E-state index contributed by atoms with van der Waals surface area (Å²) >= 11 is 0. The van der Waals surface area contributed by atoms with E-state index in [1.165, 1.54) is 0 Å². The number of aromatic nitrogens is 4. The number of aliphatic hydroxyl groups is 1. The van der Waals surface area contributed by atoms with Crippen LogP contribution in [0.2, 0.25) is 0 Å². The number of aliphatic hydroxyl groups excluding tert-OH is 1. The van der Waals surface area contributed by atoms with Crippen molar-refractivity contribution >= 4 is 17.1 Å². The smallest absolute Gasteiger partial charge is 0.211 e. The summed E-state index contributed by atoms with van der Waals surface area (Å²) in [5.41, 5.74) is 9.28. The molecular weight excluding hydrogens is 366 g/mol. The van der Waals surface area contributed by atoms with E-state index in [0.717, 1.165) is 11.4 Å². The minimum atomic E-state index is -0.278. The standard InChI is InChI=1S/C22H19N5O2/c23-21-19-18(26-22(15-10-16(28)11-15)27(19)9-8-24-21)14-6-7-17(25-12-14)20(29)13-4-2-1-3-5-13/h1-9,12,15-16,28H,10-11H2,(H2,23,24). The number of nitrogen functional groups attached to an aromatic ring is 1. The van der Waals surface area contributed by atoms with Crippen LogP contribution in [0.4, 0.5) is 5.82 Å². The summed E-state index contributed by atoms with van der Waals surface area (Å²) in [6.45, 7) is 0. The molecule has 0 unspecified atom stereocenters. The Bertz CT molecular complexity index is 1200. The lowest BCUT2D eigenvalue weighted by atomic mass is 9.82. The molecule has 0 spiro atoms. The molecule has 5 rings (SSSR count). The number of nitrogens with two attached hydrogens (primary N) is 1. The van der Waals surface area contributed by atoms with Crippen molar-refractivity contribution in [2.45, 2.75) is 24.9 Å².